The van der Waals surface area contributed by atoms with Gasteiger partial charge in [-0.3, -0.25) is 0 Å². The van der Waals surface area contributed by atoms with Gasteiger partial charge in [0.1, 0.15) is 5.82 Å². The summed E-state index contributed by atoms with van der Waals surface area (Å²) in [6.45, 7) is 9.12. The molecule has 106 valence electrons. The van der Waals surface area contributed by atoms with Gasteiger partial charge in [0.2, 0.25) is 0 Å². The number of nitrogens with one attached hydrogen (secondary N) is 1. The zero-order valence-corrected chi connectivity index (χ0v) is 12.1. The molecule has 1 aliphatic heterocycles. The Labute approximate surface area is 116 Å². The van der Waals surface area contributed by atoms with Crippen LogP contribution in [0.1, 0.15) is 33.1 Å². The lowest BCUT2D eigenvalue weighted by atomic mass is 9.85. The van der Waals surface area contributed by atoms with Crippen LogP contribution < -0.4 is 5.32 Å². The van der Waals surface area contributed by atoms with Crippen molar-refractivity contribution >= 4 is 5.69 Å². The third-order valence-corrected chi connectivity index (χ3v) is 4.03. The van der Waals surface area contributed by atoms with Crippen molar-refractivity contribution in [2.45, 2.75) is 33.1 Å². The minimum atomic E-state index is -0.180. The molecule has 0 spiro atoms. The molecule has 0 saturated carbocycles. The SMILES string of the molecule is CC1(C)CCCN(CCNc2ccc(F)cc2)CC1. The van der Waals surface area contributed by atoms with Crippen LogP contribution in [0.25, 0.3) is 0 Å². The third-order valence-electron chi connectivity index (χ3n) is 4.03. The average molecular weight is 264 g/mol. The normalized spacial score (nSPS) is 19.9. The zero-order chi connectivity index (χ0) is 13.7. The number of anilines is 1. The second-order valence-electron chi connectivity index (χ2n) is 6.29. The molecule has 0 aliphatic carbocycles. The summed E-state index contributed by atoms with van der Waals surface area (Å²) in [4.78, 5) is 2.53. The van der Waals surface area contributed by atoms with Crippen molar-refractivity contribution in [2.24, 2.45) is 5.41 Å². The van der Waals surface area contributed by atoms with Crippen LogP contribution in [0, 0.1) is 11.2 Å². The van der Waals surface area contributed by atoms with Crippen molar-refractivity contribution < 1.29 is 4.39 Å². The summed E-state index contributed by atoms with van der Waals surface area (Å²) >= 11 is 0. The van der Waals surface area contributed by atoms with Crippen LogP contribution in [0.4, 0.5) is 10.1 Å². The Kier molecular flexibility index (Phi) is 4.81. The van der Waals surface area contributed by atoms with Crippen LogP contribution in [0.15, 0.2) is 24.3 Å². The summed E-state index contributed by atoms with van der Waals surface area (Å²) in [6.07, 6.45) is 3.90. The van der Waals surface area contributed by atoms with Gasteiger partial charge in [0, 0.05) is 18.8 Å². The Hall–Kier alpha value is -1.09. The Morgan fingerprint density at radius 1 is 1.16 bits per heavy atom. The van der Waals surface area contributed by atoms with Gasteiger partial charge in [-0.1, -0.05) is 13.8 Å². The van der Waals surface area contributed by atoms with Gasteiger partial charge < -0.3 is 10.2 Å². The lowest BCUT2D eigenvalue weighted by molar-refractivity contribution is 0.269. The molecule has 0 bridgehead atoms. The molecule has 0 amide bonds. The number of likely N-dealkylation sites (tertiary alicyclic amines) is 1. The van der Waals surface area contributed by atoms with Gasteiger partial charge in [-0.25, -0.2) is 4.39 Å². The standard InChI is InChI=1S/C16H25FN2/c1-16(2)8-3-11-19(12-9-16)13-10-18-15-6-4-14(17)5-7-15/h4-7,18H,3,8-13H2,1-2H3. The predicted molar refractivity (Wildman–Crippen MR) is 79.0 cm³/mol. The molecule has 0 atom stereocenters. The Bertz CT molecular complexity index is 386. The molecule has 0 aromatic heterocycles. The zero-order valence-electron chi connectivity index (χ0n) is 12.1. The molecule has 2 nitrogen and oxygen atoms in total. The minimum absolute atomic E-state index is 0.180. The van der Waals surface area contributed by atoms with Crippen LogP contribution >= 0.6 is 0 Å². The Morgan fingerprint density at radius 2 is 1.89 bits per heavy atom. The van der Waals surface area contributed by atoms with E-state index in [1.54, 1.807) is 12.1 Å². The molecule has 1 fully saturated rings. The molecule has 0 unspecified atom stereocenters. The van der Waals surface area contributed by atoms with E-state index in [1.807, 2.05) is 0 Å². The Morgan fingerprint density at radius 3 is 2.63 bits per heavy atom. The number of hydrogen-bond acceptors (Lipinski definition) is 2. The summed E-state index contributed by atoms with van der Waals surface area (Å²) in [5, 5.41) is 3.35. The fraction of sp³-hybridized carbons (Fsp3) is 0.625. The summed E-state index contributed by atoms with van der Waals surface area (Å²) in [7, 11) is 0. The van der Waals surface area contributed by atoms with Crippen LogP contribution in [0.3, 0.4) is 0 Å². The molecule has 2 rings (SSSR count). The fourth-order valence-corrected chi connectivity index (χ4v) is 2.63. The first-order valence-electron chi connectivity index (χ1n) is 7.27. The van der Waals surface area contributed by atoms with E-state index in [0.717, 1.165) is 18.8 Å². The van der Waals surface area contributed by atoms with E-state index in [2.05, 4.69) is 24.1 Å². The third kappa shape index (κ3) is 4.83. The van der Waals surface area contributed by atoms with Gasteiger partial charge in [0.05, 0.1) is 0 Å². The maximum Gasteiger partial charge on any atom is 0.123 e. The van der Waals surface area contributed by atoms with Gasteiger partial charge in [-0.05, 0) is 62.0 Å². The fourth-order valence-electron chi connectivity index (χ4n) is 2.63. The van der Waals surface area contributed by atoms with Crippen molar-refractivity contribution in [1.82, 2.24) is 4.90 Å². The minimum Gasteiger partial charge on any atom is -0.384 e. The summed E-state index contributed by atoms with van der Waals surface area (Å²) in [5.74, 6) is -0.180. The highest BCUT2D eigenvalue weighted by molar-refractivity contribution is 5.42. The van der Waals surface area contributed by atoms with Gasteiger partial charge in [0.25, 0.3) is 0 Å². The maximum absolute atomic E-state index is 12.8. The predicted octanol–water partition coefficient (Wildman–Crippen LogP) is 3.75. The van der Waals surface area contributed by atoms with Crippen molar-refractivity contribution in [3.05, 3.63) is 30.1 Å². The molecule has 1 heterocycles. The van der Waals surface area contributed by atoms with Gasteiger partial charge in [-0.15, -0.1) is 0 Å². The molecule has 1 saturated heterocycles. The summed E-state index contributed by atoms with van der Waals surface area (Å²) in [5.41, 5.74) is 1.50. The second-order valence-corrected chi connectivity index (χ2v) is 6.29. The first-order chi connectivity index (χ1) is 9.05. The molecule has 3 heteroatoms. The smallest absolute Gasteiger partial charge is 0.123 e. The largest absolute Gasteiger partial charge is 0.384 e. The van der Waals surface area contributed by atoms with E-state index in [1.165, 1.54) is 44.5 Å². The van der Waals surface area contributed by atoms with E-state index in [0.29, 0.717) is 5.41 Å². The van der Waals surface area contributed by atoms with Crippen molar-refractivity contribution in [2.75, 3.05) is 31.5 Å². The average Bonchev–Trinajstić information content (AvgIpc) is 2.53. The first-order valence-corrected chi connectivity index (χ1v) is 7.27. The highest BCUT2D eigenvalue weighted by atomic mass is 19.1. The van der Waals surface area contributed by atoms with Crippen molar-refractivity contribution in [1.29, 1.82) is 0 Å². The van der Waals surface area contributed by atoms with Crippen LogP contribution in [0.5, 0.6) is 0 Å². The van der Waals surface area contributed by atoms with E-state index in [9.17, 15) is 4.39 Å². The molecule has 0 radical (unpaired) electrons. The van der Waals surface area contributed by atoms with Crippen molar-refractivity contribution in [3.63, 3.8) is 0 Å². The molecule has 1 aliphatic rings. The van der Waals surface area contributed by atoms with E-state index < -0.39 is 0 Å². The van der Waals surface area contributed by atoms with Crippen molar-refractivity contribution in [3.8, 4) is 0 Å². The first kappa shape index (κ1) is 14.3. The van der Waals surface area contributed by atoms with Crippen LogP contribution in [-0.2, 0) is 0 Å². The topological polar surface area (TPSA) is 15.3 Å². The quantitative estimate of drug-likeness (QED) is 0.891. The van der Waals surface area contributed by atoms with Gasteiger partial charge in [-0.2, -0.15) is 0 Å². The molecular weight excluding hydrogens is 239 g/mol. The van der Waals surface area contributed by atoms with E-state index in [-0.39, 0.29) is 5.82 Å². The molecule has 19 heavy (non-hydrogen) atoms. The lowest BCUT2D eigenvalue weighted by Crippen LogP contribution is -2.30. The lowest BCUT2D eigenvalue weighted by Gasteiger charge is -2.23. The molecule has 1 aromatic carbocycles. The number of nitrogens with zero attached hydrogens (tertiary/aromatic N) is 1. The van der Waals surface area contributed by atoms with Crippen LogP contribution in [-0.4, -0.2) is 31.1 Å². The maximum atomic E-state index is 12.8. The number of hydrogen-bond donors (Lipinski definition) is 1. The highest BCUT2D eigenvalue weighted by Crippen LogP contribution is 2.29. The molecular formula is C16H25FN2. The van der Waals surface area contributed by atoms with Gasteiger partial charge in [0.15, 0.2) is 0 Å². The molecule has 1 N–H and O–H groups in total. The monoisotopic (exact) mass is 264 g/mol. The Balaban J connectivity index is 1.72. The number of rotatable bonds is 4. The number of halogens is 1. The highest BCUT2D eigenvalue weighted by Gasteiger charge is 2.22. The summed E-state index contributed by atoms with van der Waals surface area (Å²) < 4.78 is 12.8. The van der Waals surface area contributed by atoms with Crippen LogP contribution in [0.2, 0.25) is 0 Å². The van der Waals surface area contributed by atoms with E-state index in [4.69, 9.17) is 0 Å². The van der Waals surface area contributed by atoms with Gasteiger partial charge >= 0.3 is 0 Å². The van der Waals surface area contributed by atoms with E-state index >= 15 is 0 Å². The molecule has 1 aromatic rings. The number of benzene rings is 1. The summed E-state index contributed by atoms with van der Waals surface area (Å²) in [6, 6.07) is 6.58. The second kappa shape index (κ2) is 6.38.